The van der Waals surface area contributed by atoms with Gasteiger partial charge in [-0.2, -0.15) is 0 Å². The van der Waals surface area contributed by atoms with E-state index in [-0.39, 0.29) is 0 Å². The topological polar surface area (TPSA) is 26.3 Å². The van der Waals surface area contributed by atoms with Crippen molar-refractivity contribution >= 4 is 17.9 Å². The van der Waals surface area contributed by atoms with E-state index in [0.717, 1.165) is 0 Å². The van der Waals surface area contributed by atoms with E-state index in [9.17, 15) is 4.79 Å². The molecule has 1 aromatic rings. The molecule has 1 rings (SSSR count). The molecule has 0 unspecified atom stereocenters. The highest BCUT2D eigenvalue weighted by Gasteiger charge is 2.00. The normalized spacial score (nSPS) is 9.27. The molecule has 0 aliphatic carbocycles. The first-order valence-electron chi connectivity index (χ1n) is 2.99. The molecule has 0 saturated heterocycles. The van der Waals surface area contributed by atoms with Gasteiger partial charge in [0.05, 0.1) is 12.1 Å². The summed E-state index contributed by atoms with van der Waals surface area (Å²) in [5.74, 6) is 0.633. The zero-order valence-corrected chi connectivity index (χ0v) is 6.68. The number of rotatable bonds is 2. The predicted octanol–water partition coefficient (Wildman–Crippen LogP) is 1.81. The van der Waals surface area contributed by atoms with Gasteiger partial charge in [-0.05, 0) is 18.2 Å². The molecule has 0 aliphatic heterocycles. The Labute approximate surface area is 69.7 Å². The fourth-order valence-corrected chi connectivity index (χ4v) is 0.915. The van der Waals surface area contributed by atoms with Gasteiger partial charge < -0.3 is 4.74 Å². The van der Waals surface area contributed by atoms with Gasteiger partial charge in [-0.3, -0.25) is 4.79 Å². The van der Waals surface area contributed by atoms with Crippen LogP contribution in [0.15, 0.2) is 18.2 Å². The van der Waals surface area contributed by atoms with Gasteiger partial charge in [-0.25, -0.2) is 0 Å². The van der Waals surface area contributed by atoms with Gasteiger partial charge in [0.1, 0.15) is 5.75 Å². The van der Waals surface area contributed by atoms with E-state index in [1.54, 1.807) is 24.5 Å². The van der Waals surface area contributed by atoms with Crippen molar-refractivity contribution in [3.8, 4) is 5.75 Å². The Morgan fingerprint density at radius 3 is 2.73 bits per heavy atom. The number of methoxy groups -OCH3 is 1. The van der Waals surface area contributed by atoms with E-state index in [1.165, 1.54) is 7.11 Å². The molecule has 0 amide bonds. The summed E-state index contributed by atoms with van der Waals surface area (Å²) in [7, 11) is 1.54. The monoisotopic (exact) mass is 169 g/mol. The minimum absolute atomic E-state index is 0.354. The second-order valence-electron chi connectivity index (χ2n) is 1.95. The van der Waals surface area contributed by atoms with Crippen molar-refractivity contribution in [2.45, 2.75) is 0 Å². The summed E-state index contributed by atoms with van der Waals surface area (Å²) in [5.41, 5.74) is 0.354. The van der Waals surface area contributed by atoms with Crippen molar-refractivity contribution in [1.29, 1.82) is 0 Å². The van der Waals surface area contributed by atoms with Gasteiger partial charge in [-0.15, -0.1) is 0 Å². The van der Waals surface area contributed by atoms with Crippen molar-refractivity contribution in [1.82, 2.24) is 0 Å². The van der Waals surface area contributed by atoms with Crippen LogP contribution >= 0.6 is 11.6 Å². The minimum atomic E-state index is 0.354. The molecule has 0 fully saturated rings. The van der Waals surface area contributed by atoms with Crippen molar-refractivity contribution < 1.29 is 9.53 Å². The van der Waals surface area contributed by atoms with E-state index >= 15 is 0 Å². The summed E-state index contributed by atoms with van der Waals surface area (Å²) in [6.45, 7) is 0. The first kappa shape index (κ1) is 8.08. The molecule has 0 spiro atoms. The van der Waals surface area contributed by atoms with E-state index in [4.69, 9.17) is 16.3 Å². The highest BCUT2D eigenvalue weighted by molar-refractivity contribution is 6.33. The fourth-order valence-electron chi connectivity index (χ4n) is 0.706. The van der Waals surface area contributed by atoms with Crippen LogP contribution in [0.4, 0.5) is 0 Å². The standard InChI is InChI=1S/C8H6ClO2/c1-11-7-3-2-6(5-10)8(9)4-7/h2-4H,1H3. The van der Waals surface area contributed by atoms with E-state index in [2.05, 4.69) is 0 Å². The summed E-state index contributed by atoms with van der Waals surface area (Å²) in [5, 5.41) is 0.361. The van der Waals surface area contributed by atoms with Crippen molar-refractivity contribution in [3.05, 3.63) is 28.8 Å². The molecule has 0 aliphatic rings. The number of benzene rings is 1. The molecule has 57 valence electrons. The third kappa shape index (κ3) is 1.71. The van der Waals surface area contributed by atoms with Crippen LogP contribution in [0, 0.1) is 0 Å². The lowest BCUT2D eigenvalue weighted by atomic mass is 10.2. The summed E-state index contributed by atoms with van der Waals surface area (Å²) in [6, 6.07) is 4.79. The van der Waals surface area contributed by atoms with Crippen LogP contribution in [-0.2, 0) is 4.79 Å². The Balaban J connectivity index is 3.09. The van der Waals surface area contributed by atoms with Crippen LogP contribution in [0.25, 0.3) is 0 Å². The molecule has 1 radical (unpaired) electrons. The molecule has 1 aromatic carbocycles. The number of carbonyl (C=O) groups excluding carboxylic acids is 1. The predicted molar refractivity (Wildman–Crippen MR) is 42.8 cm³/mol. The number of ether oxygens (including phenoxy) is 1. The summed E-state index contributed by atoms with van der Waals surface area (Å²) >= 11 is 5.67. The lowest BCUT2D eigenvalue weighted by molar-refractivity contribution is 0.415. The average molecular weight is 170 g/mol. The van der Waals surface area contributed by atoms with E-state index in [1.807, 2.05) is 0 Å². The maximum absolute atomic E-state index is 10.2. The molecule has 2 nitrogen and oxygen atoms in total. The fraction of sp³-hybridized carbons (Fsp3) is 0.125. The number of hydrogen-bond donors (Lipinski definition) is 0. The highest BCUT2D eigenvalue weighted by Crippen LogP contribution is 2.20. The molecule has 0 aromatic heterocycles. The molecule has 0 heterocycles. The first-order chi connectivity index (χ1) is 5.27. The van der Waals surface area contributed by atoms with Gasteiger partial charge in [0, 0.05) is 5.56 Å². The van der Waals surface area contributed by atoms with Gasteiger partial charge in [0.25, 0.3) is 0 Å². The van der Waals surface area contributed by atoms with Gasteiger partial charge in [0.15, 0.2) is 0 Å². The van der Waals surface area contributed by atoms with E-state index in [0.29, 0.717) is 16.3 Å². The third-order valence-electron chi connectivity index (χ3n) is 1.29. The Morgan fingerprint density at radius 2 is 2.27 bits per heavy atom. The average Bonchev–Trinajstić information content (AvgIpc) is 2.04. The lowest BCUT2D eigenvalue weighted by Crippen LogP contribution is -1.85. The largest absolute Gasteiger partial charge is 0.497 e. The van der Waals surface area contributed by atoms with Crippen LogP contribution < -0.4 is 4.74 Å². The molecule has 0 atom stereocenters. The zero-order valence-electron chi connectivity index (χ0n) is 5.93. The molecule has 3 heteroatoms. The van der Waals surface area contributed by atoms with Gasteiger partial charge >= 0.3 is 0 Å². The number of halogens is 1. The van der Waals surface area contributed by atoms with Crippen LogP contribution in [0.5, 0.6) is 5.75 Å². The molecular weight excluding hydrogens is 164 g/mol. The molecule has 0 N–H and O–H groups in total. The molecular formula is C8H6ClO2. The Hall–Kier alpha value is -1.02. The van der Waals surface area contributed by atoms with Crippen LogP contribution in [0.3, 0.4) is 0 Å². The molecule has 0 saturated carbocycles. The van der Waals surface area contributed by atoms with Crippen molar-refractivity contribution in [3.63, 3.8) is 0 Å². The van der Waals surface area contributed by atoms with Gasteiger partial charge in [0.2, 0.25) is 6.29 Å². The molecule has 11 heavy (non-hydrogen) atoms. The Kier molecular flexibility index (Phi) is 2.49. The third-order valence-corrected chi connectivity index (χ3v) is 1.60. The van der Waals surface area contributed by atoms with E-state index < -0.39 is 0 Å². The second-order valence-corrected chi connectivity index (χ2v) is 2.36. The summed E-state index contributed by atoms with van der Waals surface area (Å²) < 4.78 is 4.88. The minimum Gasteiger partial charge on any atom is -0.497 e. The van der Waals surface area contributed by atoms with Crippen LogP contribution in [-0.4, -0.2) is 13.4 Å². The highest BCUT2D eigenvalue weighted by atomic mass is 35.5. The van der Waals surface area contributed by atoms with Crippen molar-refractivity contribution in [2.24, 2.45) is 0 Å². The number of hydrogen-bond acceptors (Lipinski definition) is 2. The van der Waals surface area contributed by atoms with Crippen molar-refractivity contribution in [2.75, 3.05) is 7.11 Å². The zero-order chi connectivity index (χ0) is 8.27. The van der Waals surface area contributed by atoms with Crippen LogP contribution in [0.2, 0.25) is 5.02 Å². The first-order valence-corrected chi connectivity index (χ1v) is 3.37. The Morgan fingerprint density at radius 1 is 1.55 bits per heavy atom. The summed E-state index contributed by atoms with van der Waals surface area (Å²) in [6.07, 6.45) is 1.71. The second kappa shape index (κ2) is 3.39. The SMILES string of the molecule is COc1ccc([C]=O)c(Cl)c1. The van der Waals surface area contributed by atoms with Gasteiger partial charge in [-0.1, -0.05) is 11.6 Å². The Bertz CT molecular complexity index is 271. The quantitative estimate of drug-likeness (QED) is 0.675. The molecule has 0 bridgehead atoms. The smallest absolute Gasteiger partial charge is 0.235 e. The maximum atomic E-state index is 10.2. The van der Waals surface area contributed by atoms with Crippen LogP contribution in [0.1, 0.15) is 5.56 Å². The maximum Gasteiger partial charge on any atom is 0.235 e. The lowest BCUT2D eigenvalue weighted by Gasteiger charge is -1.99. The summed E-state index contributed by atoms with van der Waals surface area (Å²) in [4.78, 5) is 10.2.